The summed E-state index contributed by atoms with van der Waals surface area (Å²) in [6.45, 7) is 3.83. The highest BCUT2D eigenvalue weighted by Crippen LogP contribution is 2.43. The van der Waals surface area contributed by atoms with Crippen molar-refractivity contribution in [3.63, 3.8) is 0 Å². The van der Waals surface area contributed by atoms with E-state index < -0.39 is 11.5 Å². The fourth-order valence-electron chi connectivity index (χ4n) is 2.18. The van der Waals surface area contributed by atoms with Crippen molar-refractivity contribution in [3.8, 4) is 12.3 Å². The molecule has 1 aliphatic rings. The van der Waals surface area contributed by atoms with Gasteiger partial charge in [0.2, 0.25) is 0 Å². The minimum absolute atomic E-state index is 0.167. The first-order valence-electron chi connectivity index (χ1n) is 5.75. The van der Waals surface area contributed by atoms with Gasteiger partial charge in [-0.1, -0.05) is 50.1 Å². The Morgan fingerprint density at radius 2 is 2.00 bits per heavy atom. The van der Waals surface area contributed by atoms with E-state index in [1.54, 1.807) is 0 Å². The van der Waals surface area contributed by atoms with Crippen LogP contribution in [0.4, 0.5) is 0 Å². The minimum Gasteiger partial charge on any atom is -0.356 e. The molecule has 1 fully saturated rings. The number of hydrogen-bond donors (Lipinski definition) is 0. The maximum Gasteiger partial charge on any atom is 0.145 e. The number of benzene rings is 1. The van der Waals surface area contributed by atoms with Crippen LogP contribution in [0.1, 0.15) is 31.9 Å². The van der Waals surface area contributed by atoms with Crippen LogP contribution in [0.3, 0.4) is 0 Å². The minimum atomic E-state index is -0.519. The van der Waals surface area contributed by atoms with Crippen molar-refractivity contribution >= 4 is 5.78 Å². The van der Waals surface area contributed by atoms with Gasteiger partial charge in [-0.05, 0) is 5.56 Å². The van der Waals surface area contributed by atoms with E-state index in [1.165, 1.54) is 0 Å². The quantitative estimate of drug-likeness (QED) is 0.691. The van der Waals surface area contributed by atoms with E-state index >= 15 is 0 Å². The van der Waals surface area contributed by atoms with E-state index in [-0.39, 0.29) is 11.9 Å². The molecule has 2 heteroatoms. The van der Waals surface area contributed by atoms with E-state index in [1.807, 2.05) is 44.2 Å². The molecule has 17 heavy (non-hydrogen) atoms. The first kappa shape index (κ1) is 11.9. The predicted molar refractivity (Wildman–Crippen MR) is 66.3 cm³/mol. The van der Waals surface area contributed by atoms with Gasteiger partial charge in [0.1, 0.15) is 11.9 Å². The lowest BCUT2D eigenvalue weighted by atomic mass is 9.75. The molecule has 2 rings (SSSR count). The second kappa shape index (κ2) is 4.35. The van der Waals surface area contributed by atoms with E-state index in [0.29, 0.717) is 6.42 Å². The summed E-state index contributed by atoms with van der Waals surface area (Å²) in [4.78, 5) is 12.1. The van der Waals surface area contributed by atoms with Crippen molar-refractivity contribution < 1.29 is 9.53 Å². The van der Waals surface area contributed by atoms with Gasteiger partial charge in [0, 0.05) is 6.42 Å². The summed E-state index contributed by atoms with van der Waals surface area (Å²) in [5.41, 5.74) is 0.486. The summed E-state index contributed by atoms with van der Waals surface area (Å²) in [5, 5.41) is 0. The molecule has 0 unspecified atom stereocenters. The van der Waals surface area contributed by atoms with Gasteiger partial charge >= 0.3 is 0 Å². The molecule has 0 aromatic heterocycles. The maximum absolute atomic E-state index is 12.1. The third-order valence-electron chi connectivity index (χ3n) is 3.33. The van der Waals surface area contributed by atoms with Crippen LogP contribution in [0, 0.1) is 17.8 Å². The zero-order chi connectivity index (χ0) is 12.5. The first-order chi connectivity index (χ1) is 8.05. The highest BCUT2D eigenvalue weighted by atomic mass is 16.5. The van der Waals surface area contributed by atoms with Crippen LogP contribution in [-0.4, -0.2) is 11.9 Å². The normalized spacial score (nSPS) is 27.5. The lowest BCUT2D eigenvalue weighted by Crippen LogP contribution is -2.42. The van der Waals surface area contributed by atoms with Crippen LogP contribution < -0.4 is 0 Å². The Labute approximate surface area is 102 Å². The lowest BCUT2D eigenvalue weighted by Gasteiger charge is -2.39. The molecule has 1 saturated heterocycles. The van der Waals surface area contributed by atoms with Gasteiger partial charge in [0.25, 0.3) is 0 Å². The summed E-state index contributed by atoms with van der Waals surface area (Å²) in [6.07, 6.45) is 5.02. The molecule has 1 aliphatic heterocycles. The molecule has 1 aromatic rings. The molecule has 0 bridgehead atoms. The van der Waals surface area contributed by atoms with Crippen molar-refractivity contribution in [2.75, 3.05) is 0 Å². The Kier molecular flexibility index (Phi) is 3.04. The molecule has 0 saturated carbocycles. The van der Waals surface area contributed by atoms with Crippen molar-refractivity contribution in [1.82, 2.24) is 0 Å². The fraction of sp³-hybridized carbons (Fsp3) is 0.400. The number of rotatable bonds is 1. The number of hydrogen-bond acceptors (Lipinski definition) is 2. The molecule has 0 amide bonds. The number of carbonyl (C=O) groups is 1. The van der Waals surface area contributed by atoms with Crippen LogP contribution in [-0.2, 0) is 9.53 Å². The monoisotopic (exact) mass is 228 g/mol. The molecule has 0 aliphatic carbocycles. The number of ketones is 1. The Morgan fingerprint density at radius 1 is 1.35 bits per heavy atom. The van der Waals surface area contributed by atoms with E-state index in [2.05, 4.69) is 5.92 Å². The zero-order valence-electron chi connectivity index (χ0n) is 10.1. The first-order valence-corrected chi connectivity index (χ1v) is 5.75. The lowest BCUT2D eigenvalue weighted by molar-refractivity contribution is -0.154. The standard InChI is InChI=1S/C15H16O2/c1-4-12-10-13(16)15(2,3)14(17-12)11-8-6-5-7-9-11/h1,5-9,12,14H,10H2,2-3H3/t12-,14+/m0/s1. The van der Waals surface area contributed by atoms with E-state index in [9.17, 15) is 4.79 Å². The molecular formula is C15H16O2. The number of terminal acetylenes is 1. The Bertz CT molecular complexity index is 454. The predicted octanol–water partition coefficient (Wildman–Crippen LogP) is 2.75. The Balaban J connectivity index is 2.37. The van der Waals surface area contributed by atoms with Crippen LogP contribution in [0.25, 0.3) is 0 Å². The summed E-state index contributed by atoms with van der Waals surface area (Å²) in [5.74, 6) is 2.70. The van der Waals surface area contributed by atoms with Gasteiger partial charge in [-0.3, -0.25) is 4.79 Å². The summed E-state index contributed by atoms with van der Waals surface area (Å²) >= 11 is 0. The van der Waals surface area contributed by atoms with Crippen molar-refractivity contribution in [2.24, 2.45) is 5.41 Å². The van der Waals surface area contributed by atoms with Crippen molar-refractivity contribution in [3.05, 3.63) is 35.9 Å². The third kappa shape index (κ3) is 2.11. The molecule has 2 nitrogen and oxygen atoms in total. The molecule has 88 valence electrons. The average Bonchev–Trinajstić information content (AvgIpc) is 2.33. The fourth-order valence-corrected chi connectivity index (χ4v) is 2.18. The number of carbonyl (C=O) groups excluding carboxylic acids is 1. The largest absolute Gasteiger partial charge is 0.356 e. The highest BCUT2D eigenvalue weighted by Gasteiger charge is 2.44. The van der Waals surface area contributed by atoms with Gasteiger partial charge in [-0.15, -0.1) is 6.42 Å². The second-order valence-electron chi connectivity index (χ2n) is 4.93. The third-order valence-corrected chi connectivity index (χ3v) is 3.33. The molecule has 0 N–H and O–H groups in total. The number of ether oxygens (including phenoxy) is 1. The smallest absolute Gasteiger partial charge is 0.145 e. The Hall–Kier alpha value is -1.59. The molecule has 2 atom stereocenters. The summed E-state index contributed by atoms with van der Waals surface area (Å²) < 4.78 is 5.85. The van der Waals surface area contributed by atoms with Crippen molar-refractivity contribution in [1.29, 1.82) is 0 Å². The molecular weight excluding hydrogens is 212 g/mol. The van der Waals surface area contributed by atoms with Gasteiger partial charge in [0.15, 0.2) is 0 Å². The molecule has 0 radical (unpaired) electrons. The Morgan fingerprint density at radius 3 is 2.59 bits per heavy atom. The maximum atomic E-state index is 12.1. The van der Waals surface area contributed by atoms with E-state index in [0.717, 1.165) is 5.56 Å². The second-order valence-corrected chi connectivity index (χ2v) is 4.93. The van der Waals surface area contributed by atoms with Gasteiger partial charge in [-0.25, -0.2) is 0 Å². The summed E-state index contributed by atoms with van der Waals surface area (Å²) in [6, 6.07) is 9.77. The van der Waals surface area contributed by atoms with Crippen LogP contribution in [0.5, 0.6) is 0 Å². The average molecular weight is 228 g/mol. The van der Waals surface area contributed by atoms with Crippen molar-refractivity contribution in [2.45, 2.75) is 32.5 Å². The zero-order valence-corrected chi connectivity index (χ0v) is 10.1. The van der Waals surface area contributed by atoms with Crippen LogP contribution in [0.15, 0.2) is 30.3 Å². The molecule has 1 heterocycles. The van der Waals surface area contributed by atoms with Gasteiger partial charge < -0.3 is 4.74 Å². The van der Waals surface area contributed by atoms with Gasteiger partial charge in [0.05, 0.1) is 11.5 Å². The summed E-state index contributed by atoms with van der Waals surface area (Å²) in [7, 11) is 0. The van der Waals surface area contributed by atoms with Crippen LogP contribution >= 0.6 is 0 Å². The van der Waals surface area contributed by atoms with Crippen LogP contribution in [0.2, 0.25) is 0 Å². The highest BCUT2D eigenvalue weighted by molar-refractivity contribution is 5.86. The molecule has 0 spiro atoms. The number of Topliss-reactive ketones (excluding diaryl/α,β-unsaturated/α-hetero) is 1. The SMILES string of the molecule is C#C[C@H]1CC(=O)C(C)(C)[C@@H](c2ccccc2)O1. The topological polar surface area (TPSA) is 26.3 Å². The van der Waals surface area contributed by atoms with Gasteiger partial charge in [-0.2, -0.15) is 0 Å². The molecule has 1 aromatic carbocycles. The van der Waals surface area contributed by atoms with E-state index in [4.69, 9.17) is 11.2 Å².